The number of carbonyl (C=O) groups is 1. The van der Waals surface area contributed by atoms with Crippen LogP contribution in [0.1, 0.15) is 21.5 Å². The van der Waals surface area contributed by atoms with Gasteiger partial charge in [-0.3, -0.25) is 4.79 Å². The Bertz CT molecular complexity index is 543. The van der Waals surface area contributed by atoms with Crippen molar-refractivity contribution in [2.75, 3.05) is 0 Å². The highest BCUT2D eigenvalue weighted by Crippen LogP contribution is 2.24. The minimum absolute atomic E-state index is 0.366. The average Bonchev–Trinajstić information content (AvgIpc) is 2.23. The Labute approximate surface area is 88.7 Å². The van der Waals surface area contributed by atoms with Crippen LogP contribution in [0.15, 0.2) is 30.3 Å². The summed E-state index contributed by atoms with van der Waals surface area (Å²) in [5.41, 5.74) is 8.27. The molecule has 0 aliphatic heterocycles. The standard InChI is InChI=1S/C13H13NO/c1-8-6-7-10-4-3-5-11(13(14)15)12(10)9(8)2/h3-7H,1-2H3,(H2,14,15). The van der Waals surface area contributed by atoms with Gasteiger partial charge in [0.1, 0.15) is 0 Å². The summed E-state index contributed by atoms with van der Waals surface area (Å²) in [6.45, 7) is 4.05. The lowest BCUT2D eigenvalue weighted by atomic mass is 9.96. The van der Waals surface area contributed by atoms with Crippen molar-refractivity contribution in [1.29, 1.82) is 0 Å². The van der Waals surface area contributed by atoms with E-state index in [2.05, 4.69) is 6.07 Å². The van der Waals surface area contributed by atoms with E-state index in [1.807, 2.05) is 32.0 Å². The summed E-state index contributed by atoms with van der Waals surface area (Å²) in [6.07, 6.45) is 0. The fraction of sp³-hybridized carbons (Fsp3) is 0.154. The number of carbonyl (C=O) groups excluding carboxylic acids is 1. The fourth-order valence-corrected chi connectivity index (χ4v) is 1.87. The third-order valence-electron chi connectivity index (χ3n) is 2.84. The molecule has 0 fully saturated rings. The first kappa shape index (κ1) is 9.71. The van der Waals surface area contributed by atoms with Crippen molar-refractivity contribution < 1.29 is 4.79 Å². The number of nitrogens with two attached hydrogens (primary N) is 1. The van der Waals surface area contributed by atoms with Crippen molar-refractivity contribution in [2.24, 2.45) is 5.73 Å². The molecule has 1 amide bonds. The van der Waals surface area contributed by atoms with Crippen LogP contribution in [0.25, 0.3) is 10.8 Å². The number of amides is 1. The second kappa shape index (κ2) is 3.39. The van der Waals surface area contributed by atoms with Crippen molar-refractivity contribution >= 4 is 16.7 Å². The topological polar surface area (TPSA) is 43.1 Å². The van der Waals surface area contributed by atoms with Gasteiger partial charge in [0.15, 0.2) is 0 Å². The van der Waals surface area contributed by atoms with E-state index in [0.29, 0.717) is 5.56 Å². The number of aryl methyl sites for hydroxylation is 2. The zero-order chi connectivity index (χ0) is 11.0. The molecule has 76 valence electrons. The van der Waals surface area contributed by atoms with Gasteiger partial charge in [0.25, 0.3) is 0 Å². The van der Waals surface area contributed by atoms with Gasteiger partial charge in [0.2, 0.25) is 5.91 Å². The molecule has 0 bridgehead atoms. The summed E-state index contributed by atoms with van der Waals surface area (Å²) in [5, 5.41) is 2.04. The molecule has 2 rings (SSSR count). The molecule has 2 aromatic rings. The van der Waals surface area contributed by atoms with Crippen LogP contribution in [0.2, 0.25) is 0 Å². The number of primary amides is 1. The third-order valence-corrected chi connectivity index (χ3v) is 2.84. The second-order valence-corrected chi connectivity index (χ2v) is 3.78. The van der Waals surface area contributed by atoms with Gasteiger partial charge in [-0.2, -0.15) is 0 Å². The second-order valence-electron chi connectivity index (χ2n) is 3.78. The molecule has 0 unspecified atom stereocenters. The lowest BCUT2D eigenvalue weighted by molar-refractivity contribution is 0.100. The van der Waals surface area contributed by atoms with Crippen LogP contribution >= 0.6 is 0 Å². The summed E-state index contributed by atoms with van der Waals surface area (Å²) in [6, 6.07) is 9.70. The number of benzene rings is 2. The van der Waals surface area contributed by atoms with Gasteiger partial charge in [-0.1, -0.05) is 24.3 Å². The third kappa shape index (κ3) is 1.48. The van der Waals surface area contributed by atoms with Crippen molar-refractivity contribution in [3.8, 4) is 0 Å². The first-order chi connectivity index (χ1) is 7.11. The van der Waals surface area contributed by atoms with Crippen LogP contribution < -0.4 is 5.73 Å². The Hall–Kier alpha value is -1.83. The Balaban J connectivity index is 2.94. The molecule has 15 heavy (non-hydrogen) atoms. The lowest BCUT2D eigenvalue weighted by Crippen LogP contribution is -2.11. The molecule has 0 heterocycles. The zero-order valence-corrected chi connectivity index (χ0v) is 8.87. The molecule has 2 nitrogen and oxygen atoms in total. The molecule has 2 aromatic carbocycles. The highest BCUT2D eigenvalue weighted by atomic mass is 16.1. The average molecular weight is 199 g/mol. The molecule has 0 radical (unpaired) electrons. The quantitative estimate of drug-likeness (QED) is 0.753. The lowest BCUT2D eigenvalue weighted by Gasteiger charge is -2.08. The summed E-state index contributed by atoms with van der Waals surface area (Å²) >= 11 is 0. The number of rotatable bonds is 1. The van der Waals surface area contributed by atoms with Gasteiger partial charge < -0.3 is 5.73 Å². The molecule has 2 heteroatoms. The Morgan fingerprint density at radius 1 is 1.13 bits per heavy atom. The number of fused-ring (bicyclic) bond motifs is 1. The highest BCUT2D eigenvalue weighted by Gasteiger charge is 2.09. The van der Waals surface area contributed by atoms with Crippen molar-refractivity contribution in [3.63, 3.8) is 0 Å². The van der Waals surface area contributed by atoms with Gasteiger partial charge >= 0.3 is 0 Å². The molecular formula is C13H13NO. The SMILES string of the molecule is Cc1ccc2cccc(C(N)=O)c2c1C. The number of hydrogen-bond acceptors (Lipinski definition) is 1. The monoisotopic (exact) mass is 199 g/mol. The van der Waals surface area contributed by atoms with E-state index in [4.69, 9.17) is 5.73 Å². The molecule has 2 N–H and O–H groups in total. The van der Waals surface area contributed by atoms with Gasteiger partial charge in [0, 0.05) is 5.56 Å². The van der Waals surface area contributed by atoms with E-state index >= 15 is 0 Å². The maximum atomic E-state index is 11.3. The van der Waals surface area contributed by atoms with Crippen LogP contribution in [-0.2, 0) is 0 Å². The van der Waals surface area contributed by atoms with Crippen molar-refractivity contribution in [1.82, 2.24) is 0 Å². The maximum absolute atomic E-state index is 11.3. The summed E-state index contributed by atoms with van der Waals surface area (Å²) in [5.74, 6) is -0.366. The van der Waals surface area contributed by atoms with E-state index in [0.717, 1.165) is 16.3 Å². The van der Waals surface area contributed by atoms with E-state index in [1.54, 1.807) is 6.07 Å². The summed E-state index contributed by atoms with van der Waals surface area (Å²) < 4.78 is 0. The molecule has 0 aliphatic rings. The predicted molar refractivity (Wildman–Crippen MR) is 61.9 cm³/mol. The van der Waals surface area contributed by atoms with Crippen LogP contribution in [0.5, 0.6) is 0 Å². The first-order valence-corrected chi connectivity index (χ1v) is 4.90. The molecule has 0 atom stereocenters. The minimum atomic E-state index is -0.366. The van der Waals surface area contributed by atoms with E-state index < -0.39 is 0 Å². The molecule has 0 saturated heterocycles. The molecular weight excluding hydrogens is 186 g/mol. The fourth-order valence-electron chi connectivity index (χ4n) is 1.87. The normalized spacial score (nSPS) is 10.5. The Kier molecular flexibility index (Phi) is 2.19. The first-order valence-electron chi connectivity index (χ1n) is 4.90. The van der Waals surface area contributed by atoms with Gasteiger partial charge in [0.05, 0.1) is 0 Å². The Morgan fingerprint density at radius 2 is 1.87 bits per heavy atom. The van der Waals surface area contributed by atoms with Crippen molar-refractivity contribution in [2.45, 2.75) is 13.8 Å². The largest absolute Gasteiger partial charge is 0.366 e. The Morgan fingerprint density at radius 3 is 2.53 bits per heavy atom. The predicted octanol–water partition coefficient (Wildman–Crippen LogP) is 2.56. The molecule has 0 aromatic heterocycles. The zero-order valence-electron chi connectivity index (χ0n) is 8.87. The number of hydrogen-bond donors (Lipinski definition) is 1. The van der Waals surface area contributed by atoms with Crippen LogP contribution in [0.3, 0.4) is 0 Å². The van der Waals surface area contributed by atoms with Crippen LogP contribution in [0, 0.1) is 13.8 Å². The van der Waals surface area contributed by atoms with Gasteiger partial charge in [-0.05, 0) is 41.8 Å². The van der Waals surface area contributed by atoms with Crippen LogP contribution in [-0.4, -0.2) is 5.91 Å². The summed E-state index contributed by atoms with van der Waals surface area (Å²) in [4.78, 5) is 11.3. The van der Waals surface area contributed by atoms with E-state index in [-0.39, 0.29) is 5.91 Å². The minimum Gasteiger partial charge on any atom is -0.366 e. The maximum Gasteiger partial charge on any atom is 0.249 e. The van der Waals surface area contributed by atoms with Crippen molar-refractivity contribution in [3.05, 3.63) is 47.0 Å². The highest BCUT2D eigenvalue weighted by molar-refractivity contribution is 6.07. The molecule has 0 saturated carbocycles. The van der Waals surface area contributed by atoms with Gasteiger partial charge in [-0.15, -0.1) is 0 Å². The van der Waals surface area contributed by atoms with E-state index in [9.17, 15) is 4.79 Å². The van der Waals surface area contributed by atoms with Gasteiger partial charge in [-0.25, -0.2) is 0 Å². The smallest absolute Gasteiger partial charge is 0.249 e. The molecule has 0 spiro atoms. The molecule has 0 aliphatic carbocycles. The van der Waals surface area contributed by atoms with Crippen LogP contribution in [0.4, 0.5) is 0 Å². The van der Waals surface area contributed by atoms with E-state index in [1.165, 1.54) is 5.56 Å². The summed E-state index contributed by atoms with van der Waals surface area (Å²) in [7, 11) is 0.